The summed E-state index contributed by atoms with van der Waals surface area (Å²) < 4.78 is -0.859. The van der Waals surface area contributed by atoms with E-state index in [-0.39, 0.29) is 11.8 Å². The van der Waals surface area contributed by atoms with Crippen LogP contribution in [0.2, 0.25) is 0 Å². The van der Waals surface area contributed by atoms with Gasteiger partial charge < -0.3 is 0 Å². The summed E-state index contributed by atoms with van der Waals surface area (Å²) in [6.45, 7) is 0. The summed E-state index contributed by atoms with van der Waals surface area (Å²) >= 11 is 1.50. The number of hydrogen-bond donors (Lipinski definition) is 0. The summed E-state index contributed by atoms with van der Waals surface area (Å²) in [5, 5.41) is 0.734. The molecule has 0 N–H and O–H groups in total. The van der Waals surface area contributed by atoms with Crippen molar-refractivity contribution < 1.29 is 4.79 Å². The first-order valence-electron chi connectivity index (χ1n) is 9.15. The molecule has 0 bridgehead atoms. The zero-order valence-electron chi connectivity index (χ0n) is 15.3. The molecule has 3 aromatic carbocycles. The molecule has 0 saturated carbocycles. The van der Waals surface area contributed by atoms with E-state index in [1.165, 1.54) is 11.8 Å². The molecule has 1 aliphatic heterocycles. The summed E-state index contributed by atoms with van der Waals surface area (Å²) in [6, 6.07) is 29.7. The van der Waals surface area contributed by atoms with Crippen LogP contribution in [0.25, 0.3) is 0 Å². The molecule has 136 valence electrons. The molecule has 2 atom stereocenters. The Labute approximate surface area is 169 Å². The molecule has 3 heteroatoms. The van der Waals surface area contributed by atoms with Crippen molar-refractivity contribution >= 4 is 22.7 Å². The second kappa shape index (κ2) is 7.88. The Bertz CT molecular complexity index is 1040. The minimum Gasteiger partial charge on any atom is -0.271 e. The summed E-state index contributed by atoms with van der Waals surface area (Å²) in [6.07, 6.45) is 6.53. The smallest absolute Gasteiger partial charge is 0.265 e. The molecule has 0 aliphatic carbocycles. The van der Waals surface area contributed by atoms with Crippen LogP contribution in [0.5, 0.6) is 0 Å². The van der Waals surface area contributed by atoms with E-state index in [2.05, 4.69) is 10.9 Å². The van der Waals surface area contributed by atoms with Crippen molar-refractivity contribution in [3.05, 3.63) is 108 Å². The van der Waals surface area contributed by atoms with Gasteiger partial charge in [-0.2, -0.15) is 0 Å². The van der Waals surface area contributed by atoms with Crippen LogP contribution in [0, 0.1) is 12.3 Å². The van der Waals surface area contributed by atoms with Gasteiger partial charge in [-0.05, 0) is 17.5 Å². The highest BCUT2D eigenvalue weighted by atomic mass is 32.2. The number of thioether (sulfide) groups is 1. The number of carbonyl (C=O) groups is 1. The summed E-state index contributed by atoms with van der Waals surface area (Å²) in [4.78, 5) is 17.8. The Kier molecular flexibility index (Phi) is 5.14. The van der Waals surface area contributed by atoms with Gasteiger partial charge in [0, 0.05) is 5.56 Å². The van der Waals surface area contributed by atoms with Gasteiger partial charge in [-0.3, -0.25) is 4.79 Å². The molecule has 0 saturated heterocycles. The van der Waals surface area contributed by atoms with Gasteiger partial charge in [0.2, 0.25) is 0 Å². The molecular weight excluding hydrogens is 362 g/mol. The summed E-state index contributed by atoms with van der Waals surface area (Å²) in [5.41, 5.74) is 2.98. The second-order valence-corrected chi connectivity index (χ2v) is 8.07. The monoisotopic (exact) mass is 381 g/mol. The molecule has 1 heterocycles. The maximum Gasteiger partial charge on any atom is 0.265 e. The fourth-order valence-electron chi connectivity index (χ4n) is 3.57. The van der Waals surface area contributed by atoms with E-state index in [0.29, 0.717) is 6.42 Å². The van der Waals surface area contributed by atoms with Crippen LogP contribution < -0.4 is 0 Å². The quantitative estimate of drug-likeness (QED) is 0.575. The zero-order valence-corrected chi connectivity index (χ0v) is 16.1. The normalized spacial score (nSPS) is 19.7. The lowest BCUT2D eigenvalue weighted by molar-refractivity contribution is -0.120. The lowest BCUT2D eigenvalue weighted by Crippen LogP contribution is -2.40. The average molecular weight is 382 g/mol. The van der Waals surface area contributed by atoms with Crippen molar-refractivity contribution in [2.75, 3.05) is 0 Å². The van der Waals surface area contributed by atoms with Crippen LogP contribution in [-0.2, 0) is 11.2 Å². The maximum atomic E-state index is 13.4. The Morgan fingerprint density at radius 1 is 0.893 bits per heavy atom. The Morgan fingerprint density at radius 2 is 1.46 bits per heavy atom. The highest BCUT2D eigenvalue weighted by molar-refractivity contribution is 8.16. The third-order valence-corrected chi connectivity index (χ3v) is 6.38. The van der Waals surface area contributed by atoms with E-state index in [0.717, 1.165) is 21.7 Å². The Balaban J connectivity index is 1.79. The molecule has 0 fully saturated rings. The van der Waals surface area contributed by atoms with E-state index < -0.39 is 4.75 Å². The molecule has 4 rings (SSSR count). The van der Waals surface area contributed by atoms with Gasteiger partial charge >= 0.3 is 0 Å². The largest absolute Gasteiger partial charge is 0.271 e. The van der Waals surface area contributed by atoms with Crippen LogP contribution >= 0.6 is 11.8 Å². The molecule has 3 aromatic rings. The number of aliphatic imine (C=N–C) groups is 1. The lowest BCUT2D eigenvalue weighted by atomic mass is 9.81. The fourth-order valence-corrected chi connectivity index (χ4v) is 4.99. The van der Waals surface area contributed by atoms with Crippen LogP contribution in [0.15, 0.2) is 96.0 Å². The second-order valence-electron chi connectivity index (χ2n) is 6.75. The molecule has 2 nitrogen and oxygen atoms in total. The number of benzene rings is 3. The van der Waals surface area contributed by atoms with Gasteiger partial charge in [-0.1, -0.05) is 109 Å². The minimum absolute atomic E-state index is 0.160. The maximum absolute atomic E-state index is 13.4. The highest BCUT2D eigenvalue weighted by Crippen LogP contribution is 2.48. The van der Waals surface area contributed by atoms with E-state index >= 15 is 0 Å². The van der Waals surface area contributed by atoms with Crippen molar-refractivity contribution in [1.82, 2.24) is 0 Å². The predicted octanol–water partition coefficient (Wildman–Crippen LogP) is 5.11. The van der Waals surface area contributed by atoms with Gasteiger partial charge in [0.05, 0.1) is 5.92 Å². The van der Waals surface area contributed by atoms with Crippen molar-refractivity contribution in [3.63, 3.8) is 0 Å². The zero-order chi connectivity index (χ0) is 19.4. The molecule has 1 aliphatic rings. The first kappa shape index (κ1) is 18.3. The average Bonchev–Trinajstić information content (AvgIpc) is 3.07. The number of amides is 1. The van der Waals surface area contributed by atoms with Crippen LogP contribution in [0.3, 0.4) is 0 Å². The van der Waals surface area contributed by atoms with Gasteiger partial charge in [0.1, 0.15) is 9.79 Å². The van der Waals surface area contributed by atoms with Crippen LogP contribution in [0.4, 0.5) is 0 Å². The molecule has 0 radical (unpaired) electrons. The number of rotatable bonds is 5. The predicted molar refractivity (Wildman–Crippen MR) is 116 cm³/mol. The number of carbonyl (C=O) groups excluding carboxylic acids is 1. The summed E-state index contributed by atoms with van der Waals surface area (Å²) in [5.74, 6) is 2.37. The van der Waals surface area contributed by atoms with Crippen LogP contribution in [-0.4, -0.2) is 15.7 Å². The van der Waals surface area contributed by atoms with Crippen LogP contribution in [0.1, 0.15) is 22.6 Å². The van der Waals surface area contributed by atoms with Crippen molar-refractivity contribution in [3.8, 4) is 12.3 Å². The van der Waals surface area contributed by atoms with E-state index in [4.69, 9.17) is 6.42 Å². The SMILES string of the molecule is C#C[C@H](c1ccccc1)[C@@]1(Cc2ccccc2)SC(c2ccccc2)=NC1=O. The molecule has 1 amide bonds. The number of hydrogen-bond acceptors (Lipinski definition) is 2. The lowest BCUT2D eigenvalue weighted by Gasteiger charge is -2.32. The van der Waals surface area contributed by atoms with E-state index in [9.17, 15) is 4.79 Å². The van der Waals surface area contributed by atoms with E-state index in [1.807, 2.05) is 91.0 Å². The van der Waals surface area contributed by atoms with E-state index in [1.54, 1.807) is 0 Å². The highest BCUT2D eigenvalue weighted by Gasteiger charge is 2.51. The standard InChI is InChI=1S/C25H19NOS/c1-2-22(20-14-8-4-9-15-20)25(18-19-12-6-3-7-13-19)24(27)26-23(28-25)21-16-10-5-11-17-21/h1,3-17,22H,18H2/t22-,25-/m1/s1. The summed E-state index contributed by atoms with van der Waals surface area (Å²) in [7, 11) is 0. The molecule has 0 spiro atoms. The van der Waals surface area contributed by atoms with Gasteiger partial charge in [-0.15, -0.1) is 6.42 Å². The van der Waals surface area contributed by atoms with Gasteiger partial charge in [-0.25, -0.2) is 4.99 Å². The molecule has 0 aromatic heterocycles. The van der Waals surface area contributed by atoms with Crippen molar-refractivity contribution in [1.29, 1.82) is 0 Å². The van der Waals surface area contributed by atoms with Crippen molar-refractivity contribution in [2.45, 2.75) is 17.1 Å². The fraction of sp³-hybridized carbons (Fsp3) is 0.120. The Morgan fingerprint density at radius 3 is 2.07 bits per heavy atom. The topological polar surface area (TPSA) is 29.4 Å². The molecule has 28 heavy (non-hydrogen) atoms. The first-order chi connectivity index (χ1) is 13.7. The molecular formula is C25H19NOS. The van der Waals surface area contributed by atoms with Gasteiger partial charge in [0.25, 0.3) is 5.91 Å². The van der Waals surface area contributed by atoms with Crippen molar-refractivity contribution in [2.24, 2.45) is 4.99 Å². The Hall–Kier alpha value is -3.09. The third kappa shape index (κ3) is 3.40. The minimum atomic E-state index is -0.859. The van der Waals surface area contributed by atoms with Gasteiger partial charge in [0.15, 0.2) is 0 Å². The number of nitrogens with zero attached hydrogens (tertiary/aromatic N) is 1. The third-order valence-electron chi connectivity index (χ3n) is 4.94. The number of terminal acetylenes is 1. The first-order valence-corrected chi connectivity index (χ1v) is 9.97. The molecule has 0 unspecified atom stereocenters.